The molecule has 1 atom stereocenters. The van der Waals surface area contributed by atoms with Gasteiger partial charge in [0.1, 0.15) is 5.75 Å². The summed E-state index contributed by atoms with van der Waals surface area (Å²) in [4.78, 5) is 0. The molecule has 2 rings (SSSR count). The zero-order valence-electron chi connectivity index (χ0n) is 10.9. The molecule has 1 aliphatic rings. The van der Waals surface area contributed by atoms with Crippen molar-refractivity contribution in [3.63, 3.8) is 0 Å². The average molecular weight is 271 g/mol. The largest absolute Gasteiger partial charge is 0.435 e. The second kappa shape index (κ2) is 6.82. The summed E-state index contributed by atoms with van der Waals surface area (Å²) in [6.45, 7) is -1.27. The van der Waals surface area contributed by atoms with Crippen LogP contribution in [0.5, 0.6) is 5.75 Å². The van der Waals surface area contributed by atoms with Crippen molar-refractivity contribution >= 4 is 0 Å². The molecule has 1 saturated heterocycles. The molecule has 1 heterocycles. The fourth-order valence-corrected chi connectivity index (χ4v) is 2.61. The van der Waals surface area contributed by atoms with Gasteiger partial charge in [-0.2, -0.15) is 8.78 Å². The molecule has 0 aliphatic carbocycles. The number of ether oxygens (including phenoxy) is 2. The maximum absolute atomic E-state index is 12.2. The predicted octanol–water partition coefficient (Wildman–Crippen LogP) is 2.98. The van der Waals surface area contributed by atoms with Crippen LogP contribution < -0.4 is 10.1 Å². The van der Waals surface area contributed by atoms with Gasteiger partial charge >= 0.3 is 6.61 Å². The smallest absolute Gasteiger partial charge is 0.387 e. The van der Waals surface area contributed by atoms with Gasteiger partial charge in [-0.1, -0.05) is 12.1 Å². The van der Waals surface area contributed by atoms with Crippen molar-refractivity contribution in [1.82, 2.24) is 5.32 Å². The lowest BCUT2D eigenvalue weighted by Crippen LogP contribution is -2.30. The summed E-state index contributed by atoms with van der Waals surface area (Å²) < 4.78 is 34.3. The molecular formula is C14H19F2NO2. The Bertz CT molecular complexity index is 395. The summed E-state index contributed by atoms with van der Waals surface area (Å²) in [7, 11) is 1.89. The Labute approximate surface area is 111 Å². The third kappa shape index (κ3) is 3.88. The van der Waals surface area contributed by atoms with Gasteiger partial charge in [-0.3, -0.25) is 0 Å². The second-order valence-electron chi connectivity index (χ2n) is 4.67. The molecule has 1 aromatic carbocycles. The van der Waals surface area contributed by atoms with E-state index in [2.05, 4.69) is 10.1 Å². The SMILES string of the molecule is CNC(c1cccc(OC(F)F)c1)C1CCOCC1. The van der Waals surface area contributed by atoms with Crippen LogP contribution >= 0.6 is 0 Å². The van der Waals surface area contributed by atoms with E-state index in [9.17, 15) is 8.78 Å². The lowest BCUT2D eigenvalue weighted by Gasteiger charge is -2.30. The minimum atomic E-state index is -2.79. The first kappa shape index (κ1) is 14.2. The van der Waals surface area contributed by atoms with Gasteiger partial charge in [0.15, 0.2) is 0 Å². The van der Waals surface area contributed by atoms with Crippen LogP contribution in [0.2, 0.25) is 0 Å². The van der Waals surface area contributed by atoms with Crippen LogP contribution in [0.25, 0.3) is 0 Å². The van der Waals surface area contributed by atoms with E-state index in [0.717, 1.165) is 31.6 Å². The predicted molar refractivity (Wildman–Crippen MR) is 68.4 cm³/mol. The molecule has 0 radical (unpaired) electrons. The molecule has 106 valence electrons. The standard InChI is InChI=1S/C14H19F2NO2/c1-17-13(10-5-7-18-8-6-10)11-3-2-4-12(9-11)19-14(15)16/h2-4,9-10,13-14,17H,5-8H2,1H3. The number of hydrogen-bond donors (Lipinski definition) is 1. The topological polar surface area (TPSA) is 30.5 Å². The van der Waals surface area contributed by atoms with Crippen molar-refractivity contribution in [1.29, 1.82) is 0 Å². The molecule has 1 fully saturated rings. The summed E-state index contributed by atoms with van der Waals surface area (Å²) in [5.41, 5.74) is 0.979. The third-order valence-electron chi connectivity index (χ3n) is 3.49. The van der Waals surface area contributed by atoms with Gasteiger partial charge in [-0.05, 0) is 43.5 Å². The lowest BCUT2D eigenvalue weighted by atomic mass is 9.87. The zero-order valence-corrected chi connectivity index (χ0v) is 10.9. The van der Waals surface area contributed by atoms with Gasteiger partial charge in [0, 0.05) is 19.3 Å². The highest BCUT2D eigenvalue weighted by molar-refractivity contribution is 5.31. The Balaban J connectivity index is 2.12. The Morgan fingerprint density at radius 2 is 2.05 bits per heavy atom. The van der Waals surface area contributed by atoms with E-state index in [1.807, 2.05) is 13.1 Å². The van der Waals surface area contributed by atoms with Crippen molar-refractivity contribution < 1.29 is 18.3 Å². The van der Waals surface area contributed by atoms with Crippen molar-refractivity contribution in [2.75, 3.05) is 20.3 Å². The molecule has 1 unspecified atom stereocenters. The molecule has 0 aromatic heterocycles. The number of benzene rings is 1. The summed E-state index contributed by atoms with van der Waals surface area (Å²) in [5, 5.41) is 3.27. The van der Waals surface area contributed by atoms with Gasteiger partial charge < -0.3 is 14.8 Å². The minimum absolute atomic E-state index is 0.144. The number of nitrogens with one attached hydrogen (secondary N) is 1. The van der Waals surface area contributed by atoms with Crippen molar-refractivity contribution in [2.24, 2.45) is 5.92 Å². The summed E-state index contributed by atoms with van der Waals surface area (Å²) >= 11 is 0. The van der Waals surface area contributed by atoms with E-state index < -0.39 is 6.61 Å². The Morgan fingerprint density at radius 3 is 2.68 bits per heavy atom. The van der Waals surface area contributed by atoms with E-state index in [-0.39, 0.29) is 11.8 Å². The molecule has 19 heavy (non-hydrogen) atoms. The monoisotopic (exact) mass is 271 g/mol. The first-order chi connectivity index (χ1) is 9.20. The molecule has 1 N–H and O–H groups in total. The van der Waals surface area contributed by atoms with Crippen molar-refractivity contribution in [2.45, 2.75) is 25.5 Å². The highest BCUT2D eigenvalue weighted by atomic mass is 19.3. The number of hydrogen-bond acceptors (Lipinski definition) is 3. The van der Waals surface area contributed by atoms with Gasteiger partial charge in [-0.15, -0.1) is 0 Å². The molecule has 0 bridgehead atoms. The summed E-state index contributed by atoms with van der Waals surface area (Å²) in [6, 6.07) is 7.06. The fraction of sp³-hybridized carbons (Fsp3) is 0.571. The molecular weight excluding hydrogens is 252 g/mol. The highest BCUT2D eigenvalue weighted by Crippen LogP contribution is 2.31. The van der Waals surface area contributed by atoms with E-state index in [0.29, 0.717) is 5.92 Å². The number of alkyl halides is 2. The van der Waals surface area contributed by atoms with Crippen LogP contribution in [0.1, 0.15) is 24.4 Å². The van der Waals surface area contributed by atoms with Crippen molar-refractivity contribution in [3.05, 3.63) is 29.8 Å². The van der Waals surface area contributed by atoms with Crippen LogP contribution in [0.4, 0.5) is 8.78 Å². The van der Waals surface area contributed by atoms with Gasteiger partial charge in [0.2, 0.25) is 0 Å². The maximum atomic E-state index is 12.2. The Hall–Kier alpha value is -1.20. The molecule has 1 aromatic rings. The molecule has 0 spiro atoms. The molecule has 5 heteroatoms. The molecule has 3 nitrogen and oxygen atoms in total. The van der Waals surface area contributed by atoms with Crippen molar-refractivity contribution in [3.8, 4) is 5.75 Å². The van der Waals surface area contributed by atoms with Gasteiger partial charge in [0.25, 0.3) is 0 Å². The van der Waals surface area contributed by atoms with E-state index >= 15 is 0 Å². The normalized spacial score (nSPS) is 18.5. The van der Waals surface area contributed by atoms with Gasteiger partial charge in [-0.25, -0.2) is 0 Å². The minimum Gasteiger partial charge on any atom is -0.435 e. The average Bonchev–Trinajstić information content (AvgIpc) is 2.40. The Morgan fingerprint density at radius 1 is 1.32 bits per heavy atom. The summed E-state index contributed by atoms with van der Waals surface area (Å²) in [5.74, 6) is 0.667. The van der Waals surface area contributed by atoms with Crippen LogP contribution in [-0.2, 0) is 4.74 Å². The second-order valence-corrected chi connectivity index (χ2v) is 4.67. The molecule has 1 aliphatic heterocycles. The van der Waals surface area contributed by atoms with E-state index in [1.165, 1.54) is 0 Å². The van der Waals surface area contributed by atoms with E-state index in [1.54, 1.807) is 18.2 Å². The van der Waals surface area contributed by atoms with Gasteiger partial charge in [0.05, 0.1) is 0 Å². The Kier molecular flexibility index (Phi) is 5.10. The quantitative estimate of drug-likeness (QED) is 0.893. The van der Waals surface area contributed by atoms with E-state index in [4.69, 9.17) is 4.74 Å². The number of halogens is 2. The zero-order chi connectivity index (χ0) is 13.7. The van der Waals surface area contributed by atoms with Crippen LogP contribution in [0.15, 0.2) is 24.3 Å². The first-order valence-electron chi connectivity index (χ1n) is 6.50. The molecule has 0 saturated carbocycles. The first-order valence-corrected chi connectivity index (χ1v) is 6.50. The maximum Gasteiger partial charge on any atom is 0.387 e. The number of rotatable bonds is 5. The van der Waals surface area contributed by atoms with Crippen LogP contribution in [-0.4, -0.2) is 26.9 Å². The van der Waals surface area contributed by atoms with Crippen LogP contribution in [0, 0.1) is 5.92 Å². The highest BCUT2D eigenvalue weighted by Gasteiger charge is 2.24. The third-order valence-corrected chi connectivity index (χ3v) is 3.49. The fourth-order valence-electron chi connectivity index (χ4n) is 2.61. The summed E-state index contributed by atoms with van der Waals surface area (Å²) in [6.07, 6.45) is 1.96. The molecule has 0 amide bonds. The van der Waals surface area contributed by atoms with Crippen LogP contribution in [0.3, 0.4) is 0 Å². The lowest BCUT2D eigenvalue weighted by molar-refractivity contribution is -0.0499.